The average Bonchev–Trinajstić information content (AvgIpc) is 3.01. The minimum absolute atomic E-state index is 0.281. The van der Waals surface area contributed by atoms with E-state index in [2.05, 4.69) is 17.6 Å². The van der Waals surface area contributed by atoms with Crippen LogP contribution in [0.3, 0.4) is 0 Å². The smallest absolute Gasteiger partial charge is 0.275 e. The van der Waals surface area contributed by atoms with Crippen LogP contribution in [0.1, 0.15) is 14.5 Å². The van der Waals surface area contributed by atoms with Crippen LogP contribution < -0.4 is 16.0 Å². The van der Waals surface area contributed by atoms with E-state index in [-0.39, 0.29) is 5.91 Å². The summed E-state index contributed by atoms with van der Waals surface area (Å²) in [7, 11) is 0. The number of thiophene rings is 1. The molecular formula is C16H14N2O2S. The quantitative estimate of drug-likeness (QED) is 0.442. The van der Waals surface area contributed by atoms with Crippen LogP contribution in [0, 0.1) is 0 Å². The van der Waals surface area contributed by atoms with Gasteiger partial charge in [0.1, 0.15) is 12.4 Å². The molecule has 1 amide bonds. The number of carbonyl (C=O) groups excluding carboxylic acids is 1. The SMILES string of the molecule is NNC(=O)c1ccc(COc2ccc3ccccc3c2)s1. The van der Waals surface area contributed by atoms with Crippen LogP contribution in [0.25, 0.3) is 10.8 Å². The van der Waals surface area contributed by atoms with Crippen molar-refractivity contribution in [3.63, 3.8) is 0 Å². The Morgan fingerprint density at radius 3 is 2.71 bits per heavy atom. The van der Waals surface area contributed by atoms with Gasteiger partial charge in [-0.05, 0) is 35.0 Å². The first-order valence-corrected chi connectivity index (χ1v) is 7.29. The van der Waals surface area contributed by atoms with Crippen LogP contribution in [0.2, 0.25) is 0 Å². The normalized spacial score (nSPS) is 10.5. The Kier molecular flexibility index (Phi) is 3.85. The molecule has 0 radical (unpaired) electrons. The maximum atomic E-state index is 11.4. The summed E-state index contributed by atoms with van der Waals surface area (Å²) >= 11 is 1.37. The number of nitrogen functional groups attached to an aromatic ring is 1. The fraction of sp³-hybridized carbons (Fsp3) is 0.0625. The predicted molar refractivity (Wildman–Crippen MR) is 84.3 cm³/mol. The molecule has 21 heavy (non-hydrogen) atoms. The first-order valence-electron chi connectivity index (χ1n) is 6.47. The maximum Gasteiger partial charge on any atom is 0.275 e. The Balaban J connectivity index is 1.71. The molecule has 0 saturated heterocycles. The highest BCUT2D eigenvalue weighted by Crippen LogP contribution is 2.23. The Hall–Kier alpha value is -2.37. The van der Waals surface area contributed by atoms with Crippen LogP contribution in [-0.2, 0) is 6.61 Å². The zero-order chi connectivity index (χ0) is 14.7. The summed E-state index contributed by atoms with van der Waals surface area (Å²) in [4.78, 5) is 12.9. The highest BCUT2D eigenvalue weighted by Gasteiger charge is 2.07. The lowest BCUT2D eigenvalue weighted by Crippen LogP contribution is -2.29. The molecule has 4 nitrogen and oxygen atoms in total. The maximum absolute atomic E-state index is 11.4. The van der Waals surface area contributed by atoms with Crippen molar-refractivity contribution in [3.8, 4) is 5.75 Å². The van der Waals surface area contributed by atoms with Crippen LogP contribution >= 0.6 is 11.3 Å². The number of ether oxygens (including phenoxy) is 1. The first kappa shape index (κ1) is 13.6. The summed E-state index contributed by atoms with van der Waals surface area (Å²) in [6, 6.07) is 17.7. The van der Waals surface area contributed by atoms with Gasteiger partial charge in [-0.25, -0.2) is 5.84 Å². The van der Waals surface area contributed by atoms with Crippen molar-refractivity contribution < 1.29 is 9.53 Å². The van der Waals surface area contributed by atoms with E-state index in [1.807, 2.05) is 36.4 Å². The Bertz CT molecular complexity index is 783. The van der Waals surface area contributed by atoms with E-state index in [0.717, 1.165) is 16.0 Å². The van der Waals surface area contributed by atoms with Crippen molar-refractivity contribution in [1.29, 1.82) is 0 Å². The third kappa shape index (κ3) is 3.04. The third-order valence-electron chi connectivity index (χ3n) is 3.12. The lowest BCUT2D eigenvalue weighted by molar-refractivity contribution is 0.0957. The standard InChI is InChI=1S/C16H14N2O2S/c17-18-16(19)15-8-7-14(21-15)10-20-13-6-5-11-3-1-2-4-12(11)9-13/h1-9H,10,17H2,(H,18,19). The first-order chi connectivity index (χ1) is 10.3. The number of hydrogen-bond donors (Lipinski definition) is 2. The molecule has 0 aliphatic carbocycles. The van der Waals surface area contributed by atoms with Crippen LogP contribution in [0.15, 0.2) is 54.6 Å². The summed E-state index contributed by atoms with van der Waals surface area (Å²) in [5, 5.41) is 2.33. The van der Waals surface area contributed by atoms with Gasteiger partial charge in [-0.1, -0.05) is 30.3 Å². The topological polar surface area (TPSA) is 64.3 Å². The lowest BCUT2D eigenvalue weighted by Gasteiger charge is -2.06. The number of carbonyl (C=O) groups is 1. The second-order valence-electron chi connectivity index (χ2n) is 4.54. The van der Waals surface area contributed by atoms with E-state index in [4.69, 9.17) is 10.6 Å². The zero-order valence-corrected chi connectivity index (χ0v) is 12.0. The van der Waals surface area contributed by atoms with Crippen LogP contribution in [0.4, 0.5) is 0 Å². The second kappa shape index (κ2) is 5.95. The van der Waals surface area contributed by atoms with Gasteiger partial charge in [0.25, 0.3) is 5.91 Å². The van der Waals surface area contributed by atoms with Crippen molar-refractivity contribution in [1.82, 2.24) is 5.43 Å². The average molecular weight is 298 g/mol. The number of nitrogens with one attached hydrogen (secondary N) is 1. The van der Waals surface area contributed by atoms with Gasteiger partial charge in [-0.3, -0.25) is 10.2 Å². The van der Waals surface area contributed by atoms with Crippen LogP contribution in [-0.4, -0.2) is 5.91 Å². The predicted octanol–water partition coefficient (Wildman–Crippen LogP) is 3.08. The van der Waals surface area contributed by atoms with Crippen molar-refractivity contribution in [2.75, 3.05) is 0 Å². The van der Waals surface area contributed by atoms with Crippen molar-refractivity contribution in [2.45, 2.75) is 6.61 Å². The van der Waals surface area contributed by atoms with E-state index >= 15 is 0 Å². The molecule has 3 N–H and O–H groups in total. The number of hydrazine groups is 1. The summed E-state index contributed by atoms with van der Waals surface area (Å²) in [6.45, 7) is 0.431. The molecule has 3 rings (SSSR count). The van der Waals surface area contributed by atoms with Gasteiger partial charge in [0.15, 0.2) is 0 Å². The Morgan fingerprint density at radius 1 is 1.10 bits per heavy atom. The van der Waals surface area contributed by atoms with Crippen molar-refractivity contribution >= 4 is 28.0 Å². The van der Waals surface area contributed by atoms with E-state index in [0.29, 0.717) is 11.5 Å². The molecule has 106 valence electrons. The Morgan fingerprint density at radius 2 is 1.90 bits per heavy atom. The van der Waals surface area contributed by atoms with Gasteiger partial charge in [-0.2, -0.15) is 0 Å². The van der Waals surface area contributed by atoms with Crippen molar-refractivity contribution in [3.05, 3.63) is 64.4 Å². The van der Waals surface area contributed by atoms with Gasteiger partial charge < -0.3 is 4.74 Å². The molecule has 0 saturated carbocycles. The molecule has 0 unspecified atom stereocenters. The molecular weight excluding hydrogens is 284 g/mol. The molecule has 1 aromatic heterocycles. The molecule has 1 heterocycles. The third-order valence-corrected chi connectivity index (χ3v) is 4.18. The minimum atomic E-state index is -0.281. The van der Waals surface area contributed by atoms with Crippen LogP contribution in [0.5, 0.6) is 5.75 Å². The molecule has 0 aliphatic rings. The fourth-order valence-corrected chi connectivity index (χ4v) is 2.88. The largest absolute Gasteiger partial charge is 0.488 e. The van der Waals surface area contributed by atoms with E-state index in [9.17, 15) is 4.79 Å². The Labute approximate surface area is 126 Å². The monoisotopic (exact) mass is 298 g/mol. The molecule has 0 aliphatic heterocycles. The number of benzene rings is 2. The summed E-state index contributed by atoms with van der Waals surface area (Å²) in [6.07, 6.45) is 0. The molecule has 0 spiro atoms. The molecule has 0 bridgehead atoms. The second-order valence-corrected chi connectivity index (χ2v) is 5.71. The van der Waals surface area contributed by atoms with Crippen molar-refractivity contribution in [2.24, 2.45) is 5.84 Å². The summed E-state index contributed by atoms with van der Waals surface area (Å²) in [5.74, 6) is 5.64. The van der Waals surface area contributed by atoms with Gasteiger partial charge in [0, 0.05) is 4.88 Å². The van der Waals surface area contributed by atoms with Gasteiger partial charge in [0.05, 0.1) is 4.88 Å². The van der Waals surface area contributed by atoms with E-state index < -0.39 is 0 Å². The zero-order valence-electron chi connectivity index (χ0n) is 11.2. The molecule has 3 aromatic rings. The lowest BCUT2D eigenvalue weighted by atomic mass is 10.1. The molecule has 0 atom stereocenters. The van der Waals surface area contributed by atoms with Gasteiger partial charge in [0.2, 0.25) is 0 Å². The van der Waals surface area contributed by atoms with E-state index in [1.54, 1.807) is 6.07 Å². The van der Waals surface area contributed by atoms with E-state index in [1.165, 1.54) is 16.7 Å². The minimum Gasteiger partial charge on any atom is -0.488 e. The number of nitrogens with two attached hydrogens (primary N) is 1. The molecule has 5 heteroatoms. The fourth-order valence-electron chi connectivity index (χ4n) is 2.06. The number of rotatable bonds is 4. The summed E-state index contributed by atoms with van der Waals surface area (Å²) < 4.78 is 5.77. The highest BCUT2D eigenvalue weighted by molar-refractivity contribution is 7.14. The molecule has 2 aromatic carbocycles. The number of amides is 1. The van der Waals surface area contributed by atoms with Gasteiger partial charge in [-0.15, -0.1) is 11.3 Å². The molecule has 0 fully saturated rings. The number of hydrogen-bond acceptors (Lipinski definition) is 4. The number of fused-ring (bicyclic) bond motifs is 1. The van der Waals surface area contributed by atoms with Gasteiger partial charge >= 0.3 is 0 Å². The highest BCUT2D eigenvalue weighted by atomic mass is 32.1. The summed E-state index contributed by atoms with van der Waals surface area (Å²) in [5.41, 5.74) is 2.12.